The molecule has 0 aliphatic rings. The Morgan fingerprint density at radius 3 is 1.95 bits per heavy atom. The molecule has 2 N–H and O–H groups in total. The van der Waals surface area contributed by atoms with Crippen molar-refractivity contribution in [2.45, 2.75) is 26.9 Å². The third-order valence-corrected chi connectivity index (χ3v) is 3.22. The van der Waals surface area contributed by atoms with Crippen molar-refractivity contribution in [1.82, 2.24) is 5.32 Å². The van der Waals surface area contributed by atoms with E-state index in [1.54, 1.807) is 0 Å². The second-order valence-corrected chi connectivity index (χ2v) is 6.07. The molecule has 19 heavy (non-hydrogen) atoms. The van der Waals surface area contributed by atoms with Crippen LogP contribution in [0.3, 0.4) is 0 Å². The summed E-state index contributed by atoms with van der Waals surface area (Å²) in [5.74, 6) is -0.00921. The highest BCUT2D eigenvalue weighted by molar-refractivity contribution is 5.95. The molecule has 1 atom stereocenters. The highest BCUT2D eigenvalue weighted by Gasteiger charge is 2.30. The first-order chi connectivity index (χ1) is 8.66. The number of carbonyl (C=O) groups is 1. The van der Waals surface area contributed by atoms with E-state index in [0.717, 1.165) is 16.8 Å². The normalized spacial score (nSPS) is 13.2. The molecule has 1 unspecified atom stereocenters. The predicted octanol–water partition coefficient (Wildman–Crippen LogP) is 1.80. The maximum absolute atomic E-state index is 12.4. The summed E-state index contributed by atoms with van der Waals surface area (Å²) >= 11 is 0. The van der Waals surface area contributed by atoms with Gasteiger partial charge in [-0.2, -0.15) is 0 Å². The standard InChI is InChI=1S/C15H25N3O/c1-10-8-11(2)13(12(3)9-10)17-15(19)14(16-4)18(5,6)7/h8-9,14,16H,1-7H3/p+1. The largest absolute Gasteiger partial charge is 0.319 e. The Morgan fingerprint density at radius 1 is 1.11 bits per heavy atom. The lowest BCUT2D eigenvalue weighted by molar-refractivity contribution is -0.889. The Bertz CT molecular complexity index is 452. The lowest BCUT2D eigenvalue weighted by Gasteiger charge is -2.32. The Balaban J connectivity index is 3.00. The second kappa shape index (κ2) is 5.72. The van der Waals surface area contributed by atoms with Crippen molar-refractivity contribution in [3.8, 4) is 0 Å². The molecule has 0 saturated heterocycles. The average molecular weight is 264 g/mol. The van der Waals surface area contributed by atoms with E-state index < -0.39 is 0 Å². The van der Waals surface area contributed by atoms with Crippen molar-refractivity contribution < 1.29 is 9.28 Å². The van der Waals surface area contributed by atoms with Crippen LogP contribution >= 0.6 is 0 Å². The first kappa shape index (κ1) is 15.7. The van der Waals surface area contributed by atoms with Crippen LogP contribution in [0, 0.1) is 20.8 Å². The van der Waals surface area contributed by atoms with Gasteiger partial charge in [-0.1, -0.05) is 17.7 Å². The summed E-state index contributed by atoms with van der Waals surface area (Å²) in [7, 11) is 7.80. The third-order valence-electron chi connectivity index (χ3n) is 3.22. The zero-order chi connectivity index (χ0) is 14.8. The zero-order valence-electron chi connectivity index (χ0n) is 13.1. The first-order valence-corrected chi connectivity index (χ1v) is 6.54. The number of anilines is 1. The van der Waals surface area contributed by atoms with Crippen molar-refractivity contribution in [2.75, 3.05) is 33.5 Å². The highest BCUT2D eigenvalue weighted by Crippen LogP contribution is 2.22. The van der Waals surface area contributed by atoms with Gasteiger partial charge in [-0.25, -0.2) is 0 Å². The number of likely N-dealkylation sites (N-methyl/N-ethyl adjacent to an activating group) is 2. The number of quaternary nitrogens is 1. The van der Waals surface area contributed by atoms with Gasteiger partial charge in [-0.05, 0) is 38.9 Å². The number of carbonyl (C=O) groups excluding carboxylic acids is 1. The zero-order valence-corrected chi connectivity index (χ0v) is 13.1. The minimum atomic E-state index is -0.278. The van der Waals surface area contributed by atoms with Crippen LogP contribution in [-0.2, 0) is 4.79 Å². The molecule has 0 aliphatic carbocycles. The van der Waals surface area contributed by atoms with Crippen LogP contribution in [0.5, 0.6) is 0 Å². The molecule has 0 bridgehead atoms. The minimum Gasteiger partial charge on any atom is -0.319 e. The SMILES string of the molecule is CNC(C(=O)Nc1c(C)cc(C)cc1C)[N+](C)(C)C. The van der Waals surface area contributed by atoms with E-state index in [0.29, 0.717) is 4.48 Å². The number of nitrogens with zero attached hydrogens (tertiary/aromatic N) is 1. The molecule has 1 rings (SSSR count). The summed E-state index contributed by atoms with van der Waals surface area (Å²) < 4.78 is 0.534. The van der Waals surface area contributed by atoms with Crippen molar-refractivity contribution in [3.63, 3.8) is 0 Å². The topological polar surface area (TPSA) is 41.1 Å². The summed E-state index contributed by atoms with van der Waals surface area (Å²) in [5.41, 5.74) is 4.33. The molecule has 0 aromatic heterocycles. The number of hydrogen-bond acceptors (Lipinski definition) is 2. The molecule has 1 amide bonds. The first-order valence-electron chi connectivity index (χ1n) is 6.54. The van der Waals surface area contributed by atoms with E-state index in [-0.39, 0.29) is 12.1 Å². The van der Waals surface area contributed by atoms with Crippen molar-refractivity contribution >= 4 is 11.6 Å². The molecule has 0 heterocycles. The smallest absolute Gasteiger partial charge is 0.298 e. The number of aryl methyl sites for hydroxylation is 3. The van der Waals surface area contributed by atoms with E-state index >= 15 is 0 Å². The number of nitrogens with one attached hydrogen (secondary N) is 2. The van der Waals surface area contributed by atoms with Crippen LogP contribution in [0.4, 0.5) is 5.69 Å². The monoisotopic (exact) mass is 264 g/mol. The van der Waals surface area contributed by atoms with Gasteiger partial charge in [0.05, 0.1) is 21.1 Å². The molecule has 4 nitrogen and oxygen atoms in total. The maximum atomic E-state index is 12.4. The molecule has 1 aromatic carbocycles. The summed E-state index contributed by atoms with van der Waals surface area (Å²) in [5, 5.41) is 6.12. The molecule has 106 valence electrons. The van der Waals surface area contributed by atoms with Gasteiger partial charge in [0.25, 0.3) is 5.91 Å². The Kier molecular flexibility index (Phi) is 4.71. The molecule has 0 saturated carbocycles. The van der Waals surface area contributed by atoms with Crippen LogP contribution < -0.4 is 10.6 Å². The van der Waals surface area contributed by atoms with Gasteiger partial charge < -0.3 is 9.80 Å². The molecular formula is C15H26N3O+. The van der Waals surface area contributed by atoms with Gasteiger partial charge in [-0.15, -0.1) is 0 Å². The molecule has 0 aliphatic heterocycles. The van der Waals surface area contributed by atoms with E-state index in [9.17, 15) is 4.79 Å². The number of benzene rings is 1. The number of rotatable bonds is 4. The van der Waals surface area contributed by atoms with Gasteiger partial charge in [0.15, 0.2) is 0 Å². The average Bonchev–Trinajstić information content (AvgIpc) is 2.22. The summed E-state index contributed by atoms with van der Waals surface area (Å²) in [4.78, 5) is 12.4. The summed E-state index contributed by atoms with van der Waals surface area (Å²) in [6, 6.07) is 4.17. The fourth-order valence-electron chi connectivity index (χ4n) is 2.44. The Morgan fingerprint density at radius 2 is 1.58 bits per heavy atom. The quantitative estimate of drug-likeness (QED) is 0.643. The molecule has 0 radical (unpaired) electrons. The van der Waals surface area contributed by atoms with Gasteiger partial charge in [0, 0.05) is 5.69 Å². The summed E-state index contributed by atoms with van der Waals surface area (Å²) in [6.45, 7) is 6.11. The lowest BCUT2D eigenvalue weighted by atomic mass is 10.0. The third kappa shape index (κ3) is 3.78. The van der Waals surface area contributed by atoms with Crippen LogP contribution in [0.15, 0.2) is 12.1 Å². The lowest BCUT2D eigenvalue weighted by Crippen LogP contribution is -2.58. The van der Waals surface area contributed by atoms with Crippen LogP contribution in [0.1, 0.15) is 16.7 Å². The number of hydrogen-bond donors (Lipinski definition) is 2. The second-order valence-electron chi connectivity index (χ2n) is 6.07. The predicted molar refractivity (Wildman–Crippen MR) is 80.2 cm³/mol. The van der Waals surface area contributed by atoms with Gasteiger partial charge >= 0.3 is 0 Å². The van der Waals surface area contributed by atoms with Gasteiger partial charge in [-0.3, -0.25) is 10.1 Å². The van der Waals surface area contributed by atoms with Gasteiger partial charge in [0.2, 0.25) is 6.17 Å². The van der Waals surface area contributed by atoms with Gasteiger partial charge in [0.1, 0.15) is 0 Å². The fraction of sp³-hybridized carbons (Fsp3) is 0.533. The Hall–Kier alpha value is -1.39. The van der Waals surface area contributed by atoms with Crippen molar-refractivity contribution in [2.24, 2.45) is 0 Å². The summed E-state index contributed by atoms with van der Waals surface area (Å²) in [6.07, 6.45) is -0.278. The van der Waals surface area contributed by atoms with E-state index in [2.05, 4.69) is 29.7 Å². The van der Waals surface area contributed by atoms with Crippen LogP contribution in [0.2, 0.25) is 0 Å². The fourth-order valence-corrected chi connectivity index (χ4v) is 2.44. The van der Waals surface area contributed by atoms with E-state index in [1.165, 1.54) is 5.56 Å². The van der Waals surface area contributed by atoms with Crippen molar-refractivity contribution in [3.05, 3.63) is 28.8 Å². The van der Waals surface area contributed by atoms with Crippen molar-refractivity contribution in [1.29, 1.82) is 0 Å². The van der Waals surface area contributed by atoms with E-state index in [1.807, 2.05) is 42.0 Å². The highest BCUT2D eigenvalue weighted by atomic mass is 16.2. The van der Waals surface area contributed by atoms with Crippen LogP contribution in [-0.4, -0.2) is 44.7 Å². The van der Waals surface area contributed by atoms with Crippen LogP contribution in [0.25, 0.3) is 0 Å². The molecule has 0 spiro atoms. The number of amides is 1. The minimum absolute atomic E-state index is 0.00921. The maximum Gasteiger partial charge on any atom is 0.298 e. The molecular weight excluding hydrogens is 238 g/mol. The molecule has 0 fully saturated rings. The van der Waals surface area contributed by atoms with E-state index in [4.69, 9.17) is 0 Å². The Labute approximate surface area is 116 Å². The molecule has 1 aromatic rings. The molecule has 4 heteroatoms.